The number of esters is 2. The minimum Gasteiger partial charge on any atom is -0.469 e. The Morgan fingerprint density at radius 2 is 1.48 bits per heavy atom. The van der Waals surface area contributed by atoms with Gasteiger partial charge in [-0.05, 0) is 53.9 Å². The van der Waals surface area contributed by atoms with Crippen molar-refractivity contribution < 1.29 is 23.9 Å². The molecule has 0 saturated heterocycles. The first-order valence-electron chi connectivity index (χ1n) is 11.8. The maximum atomic E-state index is 14.3. The van der Waals surface area contributed by atoms with Gasteiger partial charge in [0.15, 0.2) is 5.78 Å². The van der Waals surface area contributed by atoms with Crippen LogP contribution in [0.3, 0.4) is 0 Å². The second-order valence-corrected chi connectivity index (χ2v) is 10.3. The molecule has 1 spiro atoms. The van der Waals surface area contributed by atoms with Crippen LogP contribution in [0.1, 0.15) is 41.1 Å². The molecule has 0 heterocycles. The molecule has 4 bridgehead atoms. The lowest BCUT2D eigenvalue weighted by Crippen LogP contribution is -2.63. The summed E-state index contributed by atoms with van der Waals surface area (Å²) >= 11 is 0. The van der Waals surface area contributed by atoms with Crippen molar-refractivity contribution in [1.29, 1.82) is 0 Å². The predicted octanol–water partition coefficient (Wildman–Crippen LogP) is 4.28. The Morgan fingerprint density at radius 1 is 0.848 bits per heavy atom. The zero-order valence-corrected chi connectivity index (χ0v) is 18.9. The van der Waals surface area contributed by atoms with Crippen molar-refractivity contribution in [3.8, 4) is 0 Å². The summed E-state index contributed by atoms with van der Waals surface area (Å²) in [6.07, 6.45) is 2.85. The van der Waals surface area contributed by atoms with E-state index in [1.165, 1.54) is 14.2 Å². The van der Waals surface area contributed by atoms with Crippen LogP contribution in [-0.4, -0.2) is 31.9 Å². The SMILES string of the molecule is COC(=O)[C@H]1[C@H]2[C@@H]3C[C@H](C24CC4)[C@@]1(C(=O)OC)[C@@H](C(=O)c1ccccc1)[C@@H]3c1ccccc1. The largest absolute Gasteiger partial charge is 0.469 e. The molecule has 0 amide bonds. The number of ketones is 1. The molecule has 0 unspecified atom stereocenters. The van der Waals surface area contributed by atoms with E-state index in [0.717, 1.165) is 24.8 Å². The highest BCUT2D eigenvalue weighted by molar-refractivity contribution is 6.04. The number of benzene rings is 2. The molecule has 33 heavy (non-hydrogen) atoms. The lowest BCUT2D eigenvalue weighted by atomic mass is 9.44. The lowest BCUT2D eigenvalue weighted by molar-refractivity contribution is -0.187. The van der Waals surface area contributed by atoms with Crippen molar-refractivity contribution in [2.24, 2.45) is 40.4 Å². The van der Waals surface area contributed by atoms with Crippen molar-refractivity contribution in [3.05, 3.63) is 71.8 Å². The summed E-state index contributed by atoms with van der Waals surface area (Å²) in [5.41, 5.74) is 0.376. The Balaban J connectivity index is 1.63. The molecule has 170 valence electrons. The smallest absolute Gasteiger partial charge is 0.313 e. The zero-order chi connectivity index (χ0) is 23.0. The van der Waals surface area contributed by atoms with E-state index in [1.807, 2.05) is 48.5 Å². The summed E-state index contributed by atoms with van der Waals surface area (Å²) in [6, 6.07) is 19.2. The molecule has 4 saturated carbocycles. The molecular weight excluding hydrogens is 416 g/mol. The summed E-state index contributed by atoms with van der Waals surface area (Å²) in [4.78, 5) is 41.5. The molecule has 2 aromatic carbocycles. The summed E-state index contributed by atoms with van der Waals surface area (Å²) in [5, 5.41) is 0. The lowest BCUT2D eigenvalue weighted by Gasteiger charge is -2.56. The normalized spacial score (nSPS) is 36.5. The fourth-order valence-corrected chi connectivity index (χ4v) is 8.54. The summed E-state index contributed by atoms with van der Waals surface area (Å²) in [5.74, 6) is -2.15. The number of ether oxygens (including phenoxy) is 2. The third-order valence-electron chi connectivity index (χ3n) is 9.46. The maximum Gasteiger partial charge on any atom is 0.313 e. The standard InChI is InChI=1S/C28H28O5/c1-32-25(30)23-21-18-15-19(27(21)13-14-27)28(23,26(31)33-2)22(20(18)16-9-5-3-6-10-16)24(29)17-11-7-4-8-12-17/h3-12,18-23H,13-15H2,1-2H3/t18-,19-,20-,21-,22-,23-,28-/m1/s1. The van der Waals surface area contributed by atoms with Gasteiger partial charge in [-0.15, -0.1) is 0 Å². The molecule has 5 nitrogen and oxygen atoms in total. The summed E-state index contributed by atoms with van der Waals surface area (Å²) < 4.78 is 10.8. The van der Waals surface area contributed by atoms with Gasteiger partial charge in [-0.1, -0.05) is 60.7 Å². The first kappa shape index (κ1) is 20.6. The molecular formula is C28H28O5. The van der Waals surface area contributed by atoms with Crippen LogP contribution in [0.15, 0.2) is 60.7 Å². The van der Waals surface area contributed by atoms with Crippen molar-refractivity contribution in [3.63, 3.8) is 0 Å². The third-order valence-corrected chi connectivity index (χ3v) is 9.46. The van der Waals surface area contributed by atoms with Crippen LogP contribution in [0.25, 0.3) is 0 Å². The van der Waals surface area contributed by atoms with E-state index in [-0.39, 0.29) is 40.8 Å². The minimum absolute atomic E-state index is 0.0332. The highest BCUT2D eigenvalue weighted by Crippen LogP contribution is 2.86. The van der Waals surface area contributed by atoms with Gasteiger partial charge in [0.2, 0.25) is 0 Å². The van der Waals surface area contributed by atoms with Gasteiger partial charge in [-0.2, -0.15) is 0 Å². The number of Topliss-reactive ketones (excluding diaryl/α,β-unsaturated/α-hetero) is 1. The van der Waals surface area contributed by atoms with Crippen molar-refractivity contribution >= 4 is 17.7 Å². The Morgan fingerprint density at radius 3 is 2.06 bits per heavy atom. The number of hydrogen-bond donors (Lipinski definition) is 0. The van der Waals surface area contributed by atoms with Gasteiger partial charge >= 0.3 is 11.9 Å². The fourth-order valence-electron chi connectivity index (χ4n) is 8.54. The first-order chi connectivity index (χ1) is 16.0. The molecule has 0 radical (unpaired) electrons. The Bertz CT molecular complexity index is 1120. The Labute approximate surface area is 193 Å². The topological polar surface area (TPSA) is 69.7 Å². The molecule has 2 aromatic rings. The molecule has 6 rings (SSSR count). The molecule has 4 fully saturated rings. The molecule has 5 heteroatoms. The van der Waals surface area contributed by atoms with Crippen molar-refractivity contribution in [2.75, 3.05) is 14.2 Å². The Kier molecular flexibility index (Phi) is 4.39. The summed E-state index contributed by atoms with van der Waals surface area (Å²) in [7, 11) is 2.76. The molecule has 4 aliphatic carbocycles. The minimum atomic E-state index is -1.20. The van der Waals surface area contributed by atoms with Gasteiger partial charge in [0.1, 0.15) is 0 Å². The van der Waals surface area contributed by atoms with Gasteiger partial charge in [0, 0.05) is 11.5 Å². The van der Waals surface area contributed by atoms with Gasteiger partial charge < -0.3 is 9.47 Å². The predicted molar refractivity (Wildman–Crippen MR) is 120 cm³/mol. The van der Waals surface area contributed by atoms with Gasteiger partial charge in [0.05, 0.1) is 25.6 Å². The van der Waals surface area contributed by atoms with E-state index in [4.69, 9.17) is 9.47 Å². The van der Waals surface area contributed by atoms with Gasteiger partial charge in [0.25, 0.3) is 0 Å². The second kappa shape index (κ2) is 7.02. The second-order valence-electron chi connectivity index (χ2n) is 10.3. The molecule has 0 aliphatic heterocycles. The van der Waals surface area contributed by atoms with E-state index >= 15 is 0 Å². The van der Waals surface area contributed by atoms with Crippen molar-refractivity contribution in [1.82, 2.24) is 0 Å². The van der Waals surface area contributed by atoms with Gasteiger partial charge in [-0.25, -0.2) is 0 Å². The molecule has 0 N–H and O–H groups in total. The fraction of sp³-hybridized carbons (Fsp3) is 0.464. The number of carbonyl (C=O) groups is 3. The average Bonchev–Trinajstić information content (AvgIpc) is 3.58. The Hall–Kier alpha value is -2.95. The molecule has 4 aliphatic rings. The quantitative estimate of drug-likeness (QED) is 0.509. The summed E-state index contributed by atoms with van der Waals surface area (Å²) in [6.45, 7) is 0. The van der Waals surface area contributed by atoms with Crippen LogP contribution in [0.2, 0.25) is 0 Å². The highest BCUT2D eigenvalue weighted by atomic mass is 16.5. The number of rotatable bonds is 5. The average molecular weight is 445 g/mol. The van der Waals surface area contributed by atoms with Crippen LogP contribution >= 0.6 is 0 Å². The third kappa shape index (κ3) is 2.40. The van der Waals surface area contributed by atoms with Crippen LogP contribution in [0.5, 0.6) is 0 Å². The molecule has 0 aromatic heterocycles. The van der Waals surface area contributed by atoms with E-state index in [1.54, 1.807) is 0 Å². The number of methoxy groups -OCH3 is 2. The van der Waals surface area contributed by atoms with Crippen molar-refractivity contribution in [2.45, 2.75) is 25.2 Å². The molecule has 7 atom stereocenters. The number of hydrogen-bond acceptors (Lipinski definition) is 5. The van der Waals surface area contributed by atoms with Crippen LogP contribution in [0.4, 0.5) is 0 Å². The first-order valence-corrected chi connectivity index (χ1v) is 11.8. The van der Waals surface area contributed by atoms with Crippen LogP contribution < -0.4 is 0 Å². The number of carbonyl (C=O) groups excluding carboxylic acids is 3. The maximum absolute atomic E-state index is 14.3. The van der Waals surface area contributed by atoms with E-state index in [2.05, 4.69) is 12.1 Å². The highest BCUT2D eigenvalue weighted by Gasteiger charge is 2.87. The monoisotopic (exact) mass is 444 g/mol. The van der Waals surface area contributed by atoms with Crippen LogP contribution in [-0.2, 0) is 19.1 Å². The van der Waals surface area contributed by atoms with E-state index < -0.39 is 23.2 Å². The van der Waals surface area contributed by atoms with Crippen LogP contribution in [0, 0.1) is 40.4 Å². The zero-order valence-electron chi connectivity index (χ0n) is 18.9. The van der Waals surface area contributed by atoms with Gasteiger partial charge in [-0.3, -0.25) is 14.4 Å². The van der Waals surface area contributed by atoms with E-state index in [9.17, 15) is 14.4 Å². The van der Waals surface area contributed by atoms with E-state index in [0.29, 0.717) is 5.56 Å².